The van der Waals surface area contributed by atoms with E-state index in [0.717, 1.165) is 19.3 Å². The van der Waals surface area contributed by atoms with Crippen LogP contribution in [0.4, 0.5) is 0 Å². The minimum Gasteiger partial charge on any atom is -0.495 e. The summed E-state index contributed by atoms with van der Waals surface area (Å²) in [6.07, 6.45) is 7.03. The monoisotopic (exact) mass is 458 g/mol. The Balaban J connectivity index is 1.79. The molecular formula is C23H23ClN2O6. The van der Waals surface area contributed by atoms with Crippen molar-refractivity contribution in [2.75, 3.05) is 13.7 Å². The number of methoxy groups -OCH3 is 1. The molecule has 1 saturated heterocycles. The molecule has 1 N–H and O–H groups in total. The van der Waals surface area contributed by atoms with Crippen molar-refractivity contribution >= 4 is 17.6 Å². The number of carboxylic acids is 1. The molecule has 0 saturated carbocycles. The molecule has 1 fully saturated rings. The zero-order valence-corrected chi connectivity index (χ0v) is 18.2. The van der Waals surface area contributed by atoms with E-state index in [0.29, 0.717) is 39.8 Å². The Morgan fingerprint density at radius 2 is 2.16 bits per heavy atom. The molecule has 32 heavy (non-hydrogen) atoms. The van der Waals surface area contributed by atoms with Crippen molar-refractivity contribution in [3.63, 3.8) is 0 Å². The number of carboxylic acid groups (broad SMARTS) is 1. The van der Waals surface area contributed by atoms with Crippen LogP contribution >= 0.6 is 11.6 Å². The van der Waals surface area contributed by atoms with Gasteiger partial charge in [-0.2, -0.15) is 0 Å². The van der Waals surface area contributed by atoms with Gasteiger partial charge in [-0.1, -0.05) is 11.6 Å². The molecule has 1 aliphatic rings. The van der Waals surface area contributed by atoms with E-state index < -0.39 is 17.6 Å². The average Bonchev–Trinajstić information content (AvgIpc) is 3.33. The molecule has 8 nitrogen and oxygen atoms in total. The van der Waals surface area contributed by atoms with E-state index in [2.05, 4.69) is 4.98 Å². The van der Waals surface area contributed by atoms with Crippen LogP contribution in [0.3, 0.4) is 0 Å². The van der Waals surface area contributed by atoms with Crippen LogP contribution in [0.2, 0.25) is 5.02 Å². The number of pyridine rings is 1. The highest BCUT2D eigenvalue weighted by Gasteiger charge is 2.28. The average molecular weight is 459 g/mol. The first kappa shape index (κ1) is 22.1. The number of aliphatic carboxylic acids is 1. The first-order valence-electron chi connectivity index (χ1n) is 10.3. The Labute approximate surface area is 189 Å². The Kier molecular flexibility index (Phi) is 6.62. The van der Waals surface area contributed by atoms with Crippen molar-refractivity contribution in [1.82, 2.24) is 9.55 Å². The van der Waals surface area contributed by atoms with Crippen molar-refractivity contribution in [3.8, 4) is 28.2 Å². The molecule has 168 valence electrons. The van der Waals surface area contributed by atoms with Gasteiger partial charge < -0.3 is 19.0 Å². The van der Waals surface area contributed by atoms with Crippen molar-refractivity contribution in [1.29, 1.82) is 0 Å². The van der Waals surface area contributed by atoms with Crippen LogP contribution in [0.1, 0.15) is 31.7 Å². The van der Waals surface area contributed by atoms with Crippen molar-refractivity contribution in [2.24, 2.45) is 0 Å². The van der Waals surface area contributed by atoms with Crippen LogP contribution in [0.15, 0.2) is 52.3 Å². The summed E-state index contributed by atoms with van der Waals surface area (Å²) >= 11 is 6.23. The minimum atomic E-state index is -1.10. The first-order valence-corrected chi connectivity index (χ1v) is 10.7. The SMILES string of the molecule is COc1cn(C(C[C@@H]2CCCCO2)C(=O)O)c(=O)cc1-c1cc(Cl)ccc1-c1cnco1. The third-order valence-electron chi connectivity index (χ3n) is 5.61. The Morgan fingerprint density at radius 3 is 2.81 bits per heavy atom. The van der Waals surface area contributed by atoms with Gasteiger partial charge in [-0.05, 0) is 43.0 Å². The smallest absolute Gasteiger partial charge is 0.326 e. The topological polar surface area (TPSA) is 104 Å². The summed E-state index contributed by atoms with van der Waals surface area (Å²) in [5, 5.41) is 10.3. The van der Waals surface area contributed by atoms with E-state index in [1.807, 2.05) is 0 Å². The van der Waals surface area contributed by atoms with Crippen LogP contribution in [-0.4, -0.2) is 40.4 Å². The Bertz CT molecular complexity index is 1150. The summed E-state index contributed by atoms with van der Waals surface area (Å²) in [4.78, 5) is 29.1. The molecular weight excluding hydrogens is 436 g/mol. The van der Waals surface area contributed by atoms with Gasteiger partial charge in [-0.25, -0.2) is 9.78 Å². The van der Waals surface area contributed by atoms with E-state index in [4.69, 9.17) is 25.5 Å². The maximum absolute atomic E-state index is 13.1. The molecule has 0 radical (unpaired) electrons. The Hall–Kier alpha value is -3.10. The zero-order chi connectivity index (χ0) is 22.7. The number of benzene rings is 1. The van der Waals surface area contributed by atoms with E-state index in [1.165, 1.54) is 30.3 Å². The minimum absolute atomic E-state index is 0.201. The first-order chi connectivity index (χ1) is 15.5. The molecule has 2 atom stereocenters. The third-order valence-corrected chi connectivity index (χ3v) is 5.85. The molecule has 3 heterocycles. The number of hydrogen-bond acceptors (Lipinski definition) is 6. The van der Waals surface area contributed by atoms with Gasteiger partial charge in [0.1, 0.15) is 11.8 Å². The van der Waals surface area contributed by atoms with E-state index in [-0.39, 0.29) is 12.5 Å². The highest BCUT2D eigenvalue weighted by molar-refractivity contribution is 6.31. The molecule has 9 heteroatoms. The standard InChI is InChI=1S/C23H23ClN2O6/c1-30-21-12-26(19(23(28)29)9-15-4-2-3-7-31-15)22(27)10-18(21)17-8-14(24)5-6-16(17)20-11-25-13-32-20/h5-6,8,10-13,15,19H,2-4,7,9H2,1H3,(H,28,29)/t15-,19?/m0/s1. The van der Waals surface area contributed by atoms with Gasteiger partial charge in [0.25, 0.3) is 5.56 Å². The lowest BCUT2D eigenvalue weighted by Crippen LogP contribution is -2.33. The normalized spacial score (nSPS) is 17.1. The van der Waals surface area contributed by atoms with E-state index in [1.54, 1.807) is 24.4 Å². The molecule has 0 amide bonds. The summed E-state index contributed by atoms with van der Waals surface area (Å²) in [6.45, 7) is 0.605. The van der Waals surface area contributed by atoms with E-state index >= 15 is 0 Å². The maximum atomic E-state index is 13.1. The molecule has 0 bridgehead atoms. The number of ether oxygens (including phenoxy) is 2. The molecule has 0 aliphatic carbocycles. The Morgan fingerprint density at radius 1 is 1.31 bits per heavy atom. The van der Waals surface area contributed by atoms with Gasteiger partial charge in [0.05, 0.1) is 25.6 Å². The molecule has 4 rings (SSSR count). The highest BCUT2D eigenvalue weighted by Crippen LogP contribution is 2.38. The van der Waals surface area contributed by atoms with Gasteiger partial charge in [-0.15, -0.1) is 0 Å². The van der Waals surface area contributed by atoms with Gasteiger partial charge >= 0.3 is 5.97 Å². The quantitative estimate of drug-likeness (QED) is 0.558. The second-order valence-corrected chi connectivity index (χ2v) is 8.07. The third kappa shape index (κ3) is 4.56. The second kappa shape index (κ2) is 9.58. The number of nitrogens with zero attached hydrogens (tertiary/aromatic N) is 2. The number of rotatable bonds is 7. The van der Waals surface area contributed by atoms with Gasteiger partial charge in [-0.3, -0.25) is 9.36 Å². The molecule has 3 aromatic rings. The fourth-order valence-corrected chi connectivity index (χ4v) is 4.20. The van der Waals surface area contributed by atoms with Crippen molar-refractivity contribution in [3.05, 3.63) is 58.4 Å². The van der Waals surface area contributed by atoms with Gasteiger partial charge in [0, 0.05) is 35.2 Å². The molecule has 1 unspecified atom stereocenters. The van der Waals surface area contributed by atoms with Crippen LogP contribution in [0.25, 0.3) is 22.5 Å². The lowest BCUT2D eigenvalue weighted by molar-refractivity contribution is -0.142. The fourth-order valence-electron chi connectivity index (χ4n) is 4.02. The van der Waals surface area contributed by atoms with Crippen LogP contribution in [0, 0.1) is 0 Å². The lowest BCUT2D eigenvalue weighted by atomic mass is 9.97. The van der Waals surface area contributed by atoms with Crippen LogP contribution in [-0.2, 0) is 9.53 Å². The van der Waals surface area contributed by atoms with Gasteiger partial charge in [0.15, 0.2) is 12.2 Å². The van der Waals surface area contributed by atoms with Crippen molar-refractivity contribution in [2.45, 2.75) is 37.8 Å². The molecule has 0 spiro atoms. The number of hydrogen-bond donors (Lipinski definition) is 1. The number of oxazole rings is 1. The molecule has 2 aromatic heterocycles. The molecule has 1 aliphatic heterocycles. The van der Waals surface area contributed by atoms with E-state index in [9.17, 15) is 14.7 Å². The summed E-state index contributed by atoms with van der Waals surface area (Å²) < 4.78 is 17.9. The van der Waals surface area contributed by atoms with Crippen LogP contribution < -0.4 is 10.3 Å². The van der Waals surface area contributed by atoms with Crippen molar-refractivity contribution < 1.29 is 23.8 Å². The predicted molar refractivity (Wildman–Crippen MR) is 118 cm³/mol. The number of halogens is 1. The fraction of sp³-hybridized carbons (Fsp3) is 0.348. The summed E-state index contributed by atoms with van der Waals surface area (Å²) in [5.74, 6) is -0.259. The number of carbonyl (C=O) groups is 1. The predicted octanol–water partition coefficient (Wildman–Crippen LogP) is 4.42. The largest absolute Gasteiger partial charge is 0.495 e. The lowest BCUT2D eigenvalue weighted by Gasteiger charge is -2.26. The molecule has 1 aromatic carbocycles. The summed E-state index contributed by atoms with van der Waals surface area (Å²) in [7, 11) is 1.46. The summed E-state index contributed by atoms with van der Waals surface area (Å²) in [5.41, 5.74) is 1.29. The highest BCUT2D eigenvalue weighted by atomic mass is 35.5. The summed E-state index contributed by atoms with van der Waals surface area (Å²) in [6, 6.07) is 5.47. The van der Waals surface area contributed by atoms with Gasteiger partial charge in [0.2, 0.25) is 0 Å². The number of aromatic nitrogens is 2. The second-order valence-electron chi connectivity index (χ2n) is 7.63. The maximum Gasteiger partial charge on any atom is 0.326 e. The van der Waals surface area contributed by atoms with Crippen LogP contribution in [0.5, 0.6) is 5.75 Å². The zero-order valence-electron chi connectivity index (χ0n) is 17.5.